The van der Waals surface area contributed by atoms with E-state index in [1.165, 1.54) is 12.1 Å². The second kappa shape index (κ2) is 8.07. The molecule has 2 aliphatic rings. The van der Waals surface area contributed by atoms with Crippen molar-refractivity contribution in [3.8, 4) is 5.75 Å². The lowest BCUT2D eigenvalue weighted by Gasteiger charge is -2.22. The molecule has 0 radical (unpaired) electrons. The summed E-state index contributed by atoms with van der Waals surface area (Å²) in [6.45, 7) is 4.75. The van der Waals surface area contributed by atoms with Crippen molar-refractivity contribution in [2.75, 3.05) is 32.1 Å². The zero-order chi connectivity index (χ0) is 22.3. The molecule has 0 aliphatic carbocycles. The van der Waals surface area contributed by atoms with E-state index >= 15 is 0 Å². The molecule has 8 heteroatoms. The van der Waals surface area contributed by atoms with E-state index in [0.717, 1.165) is 47.5 Å². The van der Waals surface area contributed by atoms with Crippen molar-refractivity contribution in [1.82, 2.24) is 9.80 Å². The van der Waals surface area contributed by atoms with Crippen molar-refractivity contribution in [2.45, 2.75) is 38.8 Å². The minimum absolute atomic E-state index is 0.0396. The van der Waals surface area contributed by atoms with E-state index in [1.807, 2.05) is 6.92 Å². The lowest BCUT2D eigenvalue weighted by molar-refractivity contribution is -0.274. The first-order valence-corrected chi connectivity index (χ1v) is 10.3. The molecule has 1 atom stereocenters. The van der Waals surface area contributed by atoms with Gasteiger partial charge in [-0.1, -0.05) is 12.1 Å². The smallest absolute Gasteiger partial charge is 0.406 e. The van der Waals surface area contributed by atoms with Gasteiger partial charge in [0.15, 0.2) is 0 Å². The maximum atomic E-state index is 13.0. The number of ether oxygens (including phenoxy) is 1. The number of carbonyl (C=O) groups is 1. The number of amides is 1. The predicted molar refractivity (Wildman–Crippen MR) is 112 cm³/mol. The number of halogens is 3. The minimum Gasteiger partial charge on any atom is -0.406 e. The van der Waals surface area contributed by atoms with Crippen LogP contribution in [-0.4, -0.2) is 55.3 Å². The largest absolute Gasteiger partial charge is 0.573 e. The Morgan fingerprint density at radius 2 is 1.87 bits per heavy atom. The first-order chi connectivity index (χ1) is 14.6. The van der Waals surface area contributed by atoms with Crippen LogP contribution in [0.15, 0.2) is 36.4 Å². The number of nitrogens with zero attached hydrogens (tertiary/aromatic N) is 3. The van der Waals surface area contributed by atoms with E-state index in [0.29, 0.717) is 19.1 Å². The highest BCUT2D eigenvalue weighted by molar-refractivity contribution is 6.00. The Bertz CT molecular complexity index is 973. The van der Waals surface area contributed by atoms with Crippen molar-refractivity contribution in [3.63, 3.8) is 0 Å². The number of anilines is 1. The summed E-state index contributed by atoms with van der Waals surface area (Å²) in [6, 6.07) is 10.4. The fourth-order valence-electron chi connectivity index (χ4n) is 4.43. The van der Waals surface area contributed by atoms with Crippen LogP contribution in [0.5, 0.6) is 5.75 Å². The van der Waals surface area contributed by atoms with Crippen molar-refractivity contribution in [3.05, 3.63) is 58.7 Å². The van der Waals surface area contributed by atoms with E-state index in [1.54, 1.807) is 17.0 Å². The minimum atomic E-state index is -4.72. The van der Waals surface area contributed by atoms with Crippen LogP contribution in [0.2, 0.25) is 0 Å². The second-order valence-corrected chi connectivity index (χ2v) is 8.50. The molecule has 2 aliphatic heterocycles. The highest BCUT2D eigenvalue weighted by Gasteiger charge is 2.32. The number of likely N-dealkylation sites (N-methyl/N-ethyl adjacent to an activating group) is 1. The van der Waals surface area contributed by atoms with Gasteiger partial charge in [-0.15, -0.1) is 13.2 Å². The molecule has 31 heavy (non-hydrogen) atoms. The summed E-state index contributed by atoms with van der Waals surface area (Å²) in [5, 5.41) is 0. The van der Waals surface area contributed by atoms with E-state index in [-0.39, 0.29) is 11.7 Å². The van der Waals surface area contributed by atoms with Gasteiger partial charge in [-0.25, -0.2) is 0 Å². The molecule has 0 N–H and O–H groups in total. The number of hydrogen-bond donors (Lipinski definition) is 0. The Labute approximate surface area is 180 Å². The number of benzene rings is 2. The van der Waals surface area contributed by atoms with Crippen LogP contribution in [0.4, 0.5) is 18.9 Å². The Hall–Kier alpha value is -2.74. The molecule has 0 saturated carbocycles. The standard InChI is InChI=1S/C23H26F3N3O2/c1-15-10-19(28-9-8-18(14-28)27(2)3)11-17-13-29(22(30)21(15)17)12-16-4-6-20(7-5-16)31-23(24,25)26/h4-7,10-11,18H,8-9,12-14H2,1-3H3/t18-/m1/s1. The molecule has 0 unspecified atom stereocenters. The van der Waals surface area contributed by atoms with Gasteiger partial charge in [0.1, 0.15) is 5.75 Å². The number of rotatable bonds is 5. The topological polar surface area (TPSA) is 36.0 Å². The van der Waals surface area contributed by atoms with Gasteiger partial charge < -0.3 is 19.4 Å². The van der Waals surface area contributed by atoms with Gasteiger partial charge in [-0.3, -0.25) is 4.79 Å². The molecule has 2 heterocycles. The molecule has 1 saturated heterocycles. The maximum absolute atomic E-state index is 13.0. The molecule has 0 aromatic heterocycles. The van der Waals surface area contributed by atoms with Gasteiger partial charge in [0.2, 0.25) is 0 Å². The molecule has 0 spiro atoms. The number of aryl methyl sites for hydroxylation is 1. The number of alkyl halides is 3. The summed E-state index contributed by atoms with van der Waals surface area (Å²) >= 11 is 0. The Morgan fingerprint density at radius 1 is 1.16 bits per heavy atom. The molecule has 0 bridgehead atoms. The number of hydrogen-bond acceptors (Lipinski definition) is 4. The molecule has 166 valence electrons. The van der Waals surface area contributed by atoms with Crippen LogP contribution < -0.4 is 9.64 Å². The first-order valence-electron chi connectivity index (χ1n) is 10.3. The Balaban J connectivity index is 1.47. The van der Waals surface area contributed by atoms with Crippen LogP contribution in [-0.2, 0) is 13.1 Å². The SMILES string of the molecule is Cc1cc(N2CC[C@@H](N(C)C)C2)cc2c1C(=O)N(Cc1ccc(OC(F)(F)F)cc1)C2. The summed E-state index contributed by atoms with van der Waals surface area (Å²) in [5.74, 6) is -0.309. The first kappa shape index (κ1) is 21.5. The fourth-order valence-corrected chi connectivity index (χ4v) is 4.43. The number of fused-ring (bicyclic) bond motifs is 1. The van der Waals surface area contributed by atoms with Crippen LogP contribution >= 0.6 is 0 Å². The average Bonchev–Trinajstić information content (AvgIpc) is 3.28. The molecular formula is C23H26F3N3O2. The Kier molecular flexibility index (Phi) is 5.60. The van der Waals surface area contributed by atoms with Crippen LogP contribution in [0.1, 0.15) is 33.5 Å². The summed E-state index contributed by atoms with van der Waals surface area (Å²) < 4.78 is 40.9. The normalized spacial score (nSPS) is 18.8. The van der Waals surface area contributed by atoms with Crippen molar-refractivity contribution in [2.24, 2.45) is 0 Å². The van der Waals surface area contributed by atoms with Gasteiger partial charge >= 0.3 is 6.36 Å². The summed E-state index contributed by atoms with van der Waals surface area (Å²) in [7, 11) is 4.20. The second-order valence-electron chi connectivity index (χ2n) is 8.50. The van der Waals surface area contributed by atoms with Crippen molar-refractivity contribution < 1.29 is 22.7 Å². The lowest BCUT2D eigenvalue weighted by atomic mass is 10.0. The van der Waals surface area contributed by atoms with Gasteiger partial charge in [-0.05, 0) is 68.4 Å². The molecular weight excluding hydrogens is 407 g/mol. The van der Waals surface area contributed by atoms with Crippen molar-refractivity contribution in [1.29, 1.82) is 0 Å². The molecule has 5 nitrogen and oxygen atoms in total. The summed E-state index contributed by atoms with van der Waals surface area (Å²) in [5.41, 5.74) is 4.60. The molecule has 1 amide bonds. The third-order valence-corrected chi connectivity index (χ3v) is 6.05. The monoisotopic (exact) mass is 433 g/mol. The van der Waals surface area contributed by atoms with Crippen molar-refractivity contribution >= 4 is 11.6 Å². The van der Waals surface area contributed by atoms with E-state index in [9.17, 15) is 18.0 Å². The zero-order valence-corrected chi connectivity index (χ0v) is 17.9. The van der Waals surface area contributed by atoms with Gasteiger partial charge in [-0.2, -0.15) is 0 Å². The van der Waals surface area contributed by atoms with E-state index in [4.69, 9.17) is 0 Å². The molecule has 4 rings (SSSR count). The average molecular weight is 433 g/mol. The molecule has 2 aromatic rings. The van der Waals surface area contributed by atoms with Gasteiger partial charge in [0.05, 0.1) is 0 Å². The van der Waals surface area contributed by atoms with Crippen LogP contribution in [0.25, 0.3) is 0 Å². The lowest BCUT2D eigenvalue weighted by Crippen LogP contribution is -2.31. The maximum Gasteiger partial charge on any atom is 0.573 e. The zero-order valence-electron chi connectivity index (χ0n) is 17.9. The molecule has 2 aromatic carbocycles. The summed E-state index contributed by atoms with van der Waals surface area (Å²) in [6.07, 6.45) is -3.60. The quantitative estimate of drug-likeness (QED) is 0.709. The third-order valence-electron chi connectivity index (χ3n) is 6.05. The van der Waals surface area contributed by atoms with E-state index in [2.05, 4.69) is 40.8 Å². The highest BCUT2D eigenvalue weighted by atomic mass is 19.4. The van der Waals surface area contributed by atoms with Gasteiger partial charge in [0.25, 0.3) is 5.91 Å². The predicted octanol–water partition coefficient (Wildman–Crippen LogP) is 4.19. The van der Waals surface area contributed by atoms with Crippen LogP contribution in [0.3, 0.4) is 0 Å². The summed E-state index contributed by atoms with van der Waals surface area (Å²) in [4.78, 5) is 19.3. The van der Waals surface area contributed by atoms with Crippen LogP contribution in [0, 0.1) is 6.92 Å². The third kappa shape index (κ3) is 4.63. The molecule has 1 fully saturated rings. The van der Waals surface area contributed by atoms with Gasteiger partial charge in [0, 0.05) is 43.5 Å². The number of carbonyl (C=O) groups excluding carboxylic acids is 1. The van der Waals surface area contributed by atoms with E-state index < -0.39 is 6.36 Å². The Morgan fingerprint density at radius 3 is 2.48 bits per heavy atom. The fraction of sp³-hybridized carbons (Fsp3) is 0.435. The highest BCUT2D eigenvalue weighted by Crippen LogP contribution is 2.33.